The summed E-state index contributed by atoms with van der Waals surface area (Å²) in [7, 11) is 2.13. The van der Waals surface area contributed by atoms with Crippen molar-refractivity contribution in [1.82, 2.24) is 5.32 Å². The summed E-state index contributed by atoms with van der Waals surface area (Å²) < 4.78 is 14.3. The molecule has 2 N–H and O–H groups in total. The fourth-order valence-corrected chi connectivity index (χ4v) is 2.44. The molecule has 9 nitrogen and oxygen atoms in total. The zero-order valence-electron chi connectivity index (χ0n) is 15.3. The summed E-state index contributed by atoms with van der Waals surface area (Å²) in [4.78, 5) is 47.2. The number of methoxy groups -OCH3 is 2. The Hall–Kier alpha value is -2.94. The van der Waals surface area contributed by atoms with E-state index in [4.69, 9.17) is 4.74 Å². The van der Waals surface area contributed by atoms with Crippen molar-refractivity contribution in [2.75, 3.05) is 20.8 Å². The Balaban J connectivity index is 2.72. The molecule has 0 fully saturated rings. The van der Waals surface area contributed by atoms with Crippen molar-refractivity contribution in [2.24, 2.45) is 11.8 Å². The van der Waals surface area contributed by atoms with E-state index < -0.39 is 41.7 Å². The molecule has 0 radical (unpaired) electrons. The highest BCUT2D eigenvalue weighted by Gasteiger charge is 2.41. The molecule has 27 heavy (non-hydrogen) atoms. The number of aliphatic carboxylic acids is 1. The minimum atomic E-state index is -1.51. The molecule has 0 aromatic heterocycles. The van der Waals surface area contributed by atoms with E-state index in [1.54, 1.807) is 0 Å². The topological polar surface area (TPSA) is 128 Å². The van der Waals surface area contributed by atoms with E-state index in [1.807, 2.05) is 30.3 Å². The molecule has 0 spiro atoms. The van der Waals surface area contributed by atoms with Gasteiger partial charge in [-0.2, -0.15) is 0 Å². The molecule has 9 heteroatoms. The van der Waals surface area contributed by atoms with Crippen molar-refractivity contribution in [3.63, 3.8) is 0 Å². The number of hydrogen-bond acceptors (Lipinski definition) is 7. The molecule has 1 aromatic rings. The summed E-state index contributed by atoms with van der Waals surface area (Å²) in [5.41, 5.74) is 0.852. The molecular weight excluding hydrogens is 358 g/mol. The standard InChI is InChI=1S/C18H23NO8/c1-11(14(17(23)25-2)18(24)26-3)15(16(21)22)19-13(20)10-27-9-12-7-5-4-6-8-12/h4-8,11,14-15H,9-10H2,1-3H3,(H,19,20)(H,21,22)/t11-,15-/m1/s1. The zero-order chi connectivity index (χ0) is 20.4. The van der Waals surface area contributed by atoms with Crippen molar-refractivity contribution in [3.05, 3.63) is 35.9 Å². The number of carbonyl (C=O) groups excluding carboxylic acids is 3. The molecule has 0 unspecified atom stereocenters. The van der Waals surface area contributed by atoms with Gasteiger partial charge < -0.3 is 24.6 Å². The van der Waals surface area contributed by atoms with Crippen LogP contribution in [0, 0.1) is 11.8 Å². The fourth-order valence-electron chi connectivity index (χ4n) is 2.44. The number of carboxylic acid groups (broad SMARTS) is 1. The van der Waals surface area contributed by atoms with Crippen LogP contribution in [0.15, 0.2) is 30.3 Å². The van der Waals surface area contributed by atoms with Crippen molar-refractivity contribution < 1.29 is 38.5 Å². The van der Waals surface area contributed by atoms with Gasteiger partial charge >= 0.3 is 17.9 Å². The Labute approximate surface area is 156 Å². The van der Waals surface area contributed by atoms with E-state index in [2.05, 4.69) is 14.8 Å². The van der Waals surface area contributed by atoms with Crippen molar-refractivity contribution in [3.8, 4) is 0 Å². The first-order valence-corrected chi connectivity index (χ1v) is 8.11. The maximum absolute atomic E-state index is 12.0. The van der Waals surface area contributed by atoms with Gasteiger partial charge in [-0.25, -0.2) is 4.79 Å². The average molecular weight is 381 g/mol. The first kappa shape index (κ1) is 22.1. The molecule has 0 heterocycles. The SMILES string of the molecule is COC(=O)C(C(=O)OC)[C@@H](C)[C@@H](NC(=O)COCc1ccccc1)C(=O)O. The number of rotatable bonds is 10. The number of carboxylic acids is 1. The Morgan fingerprint density at radius 3 is 2.07 bits per heavy atom. The van der Waals surface area contributed by atoms with Crippen molar-refractivity contribution >= 4 is 23.8 Å². The lowest BCUT2D eigenvalue weighted by Gasteiger charge is -2.25. The summed E-state index contributed by atoms with van der Waals surface area (Å²) in [6.45, 7) is 1.13. The fraction of sp³-hybridized carbons (Fsp3) is 0.444. The van der Waals surface area contributed by atoms with Crippen LogP contribution in [-0.4, -0.2) is 55.8 Å². The number of nitrogens with one attached hydrogen (secondary N) is 1. The van der Waals surface area contributed by atoms with Gasteiger partial charge in [-0.1, -0.05) is 37.3 Å². The van der Waals surface area contributed by atoms with E-state index in [0.717, 1.165) is 19.8 Å². The summed E-state index contributed by atoms with van der Waals surface area (Å²) >= 11 is 0. The first-order valence-electron chi connectivity index (χ1n) is 8.11. The average Bonchev–Trinajstić information content (AvgIpc) is 2.66. The number of carbonyl (C=O) groups is 4. The number of benzene rings is 1. The minimum absolute atomic E-state index is 0.175. The second kappa shape index (κ2) is 10.9. The third kappa shape index (κ3) is 6.70. The highest BCUT2D eigenvalue weighted by molar-refractivity contribution is 5.96. The second-order valence-corrected chi connectivity index (χ2v) is 5.74. The number of esters is 2. The van der Waals surface area contributed by atoms with E-state index >= 15 is 0 Å². The predicted molar refractivity (Wildman–Crippen MR) is 92.4 cm³/mol. The van der Waals surface area contributed by atoms with Crippen LogP contribution in [0.5, 0.6) is 0 Å². The number of hydrogen-bond donors (Lipinski definition) is 2. The van der Waals surface area contributed by atoms with Gasteiger partial charge in [0.1, 0.15) is 12.6 Å². The quantitative estimate of drug-likeness (QED) is 0.439. The summed E-state index contributed by atoms with van der Waals surface area (Å²) in [6, 6.07) is 7.60. The lowest BCUT2D eigenvalue weighted by atomic mass is 9.87. The lowest BCUT2D eigenvalue weighted by molar-refractivity contribution is -0.163. The van der Waals surface area contributed by atoms with Crippen molar-refractivity contribution in [1.29, 1.82) is 0 Å². The molecule has 0 bridgehead atoms. The Bertz CT molecular complexity index is 645. The third-order valence-corrected chi connectivity index (χ3v) is 3.89. The molecule has 1 amide bonds. The van der Waals surface area contributed by atoms with Crippen LogP contribution in [0.25, 0.3) is 0 Å². The van der Waals surface area contributed by atoms with Gasteiger partial charge in [0.15, 0.2) is 5.92 Å². The van der Waals surface area contributed by atoms with Gasteiger partial charge in [-0.3, -0.25) is 14.4 Å². The van der Waals surface area contributed by atoms with Crippen LogP contribution in [0.1, 0.15) is 12.5 Å². The maximum atomic E-state index is 12.0. The molecule has 0 aliphatic rings. The van der Waals surface area contributed by atoms with E-state index in [-0.39, 0.29) is 13.2 Å². The second-order valence-electron chi connectivity index (χ2n) is 5.74. The predicted octanol–water partition coefficient (Wildman–Crippen LogP) is 0.371. The molecule has 0 aliphatic carbocycles. The van der Waals surface area contributed by atoms with Crippen molar-refractivity contribution in [2.45, 2.75) is 19.6 Å². The van der Waals surface area contributed by atoms with E-state index in [9.17, 15) is 24.3 Å². The molecule has 2 atom stereocenters. The molecule has 0 saturated heterocycles. The Morgan fingerprint density at radius 1 is 1.04 bits per heavy atom. The summed E-state index contributed by atoms with van der Waals surface area (Å²) in [5, 5.41) is 11.7. The van der Waals surface area contributed by atoms with Gasteiger partial charge in [-0.05, 0) is 5.56 Å². The van der Waals surface area contributed by atoms with Crippen LogP contribution in [0.3, 0.4) is 0 Å². The Kier molecular flexibility index (Phi) is 8.94. The third-order valence-electron chi connectivity index (χ3n) is 3.89. The number of ether oxygens (including phenoxy) is 3. The van der Waals surface area contributed by atoms with Gasteiger partial charge in [0.25, 0.3) is 0 Å². The van der Waals surface area contributed by atoms with Crippen LogP contribution < -0.4 is 5.32 Å². The van der Waals surface area contributed by atoms with E-state index in [0.29, 0.717) is 0 Å². The molecule has 0 aliphatic heterocycles. The minimum Gasteiger partial charge on any atom is -0.480 e. The lowest BCUT2D eigenvalue weighted by Crippen LogP contribution is -2.51. The molecular formula is C18H23NO8. The summed E-state index contributed by atoms with van der Waals surface area (Å²) in [5.74, 6) is -6.60. The first-order chi connectivity index (χ1) is 12.8. The maximum Gasteiger partial charge on any atom is 0.326 e. The van der Waals surface area contributed by atoms with Crippen LogP contribution in [0.2, 0.25) is 0 Å². The molecule has 0 saturated carbocycles. The van der Waals surface area contributed by atoms with Crippen LogP contribution in [-0.2, 0) is 40.0 Å². The van der Waals surface area contributed by atoms with Crippen LogP contribution in [0.4, 0.5) is 0 Å². The summed E-state index contributed by atoms with van der Waals surface area (Å²) in [6.07, 6.45) is 0. The van der Waals surface area contributed by atoms with E-state index in [1.165, 1.54) is 6.92 Å². The Morgan fingerprint density at radius 2 is 1.59 bits per heavy atom. The van der Waals surface area contributed by atoms with Gasteiger partial charge in [0, 0.05) is 5.92 Å². The number of amides is 1. The molecule has 1 aromatic carbocycles. The normalized spacial score (nSPS) is 12.7. The molecule has 1 rings (SSSR count). The molecule has 148 valence electrons. The van der Waals surface area contributed by atoms with Gasteiger partial charge in [0.2, 0.25) is 5.91 Å². The van der Waals surface area contributed by atoms with Gasteiger partial charge in [-0.15, -0.1) is 0 Å². The smallest absolute Gasteiger partial charge is 0.326 e. The monoisotopic (exact) mass is 381 g/mol. The highest BCUT2D eigenvalue weighted by atomic mass is 16.5. The van der Waals surface area contributed by atoms with Crippen LogP contribution >= 0.6 is 0 Å². The largest absolute Gasteiger partial charge is 0.480 e. The highest BCUT2D eigenvalue weighted by Crippen LogP contribution is 2.20. The zero-order valence-corrected chi connectivity index (χ0v) is 15.3. The van der Waals surface area contributed by atoms with Gasteiger partial charge in [0.05, 0.1) is 20.8 Å².